The third-order valence-electron chi connectivity index (χ3n) is 5.45. The van der Waals surface area contributed by atoms with Crippen molar-refractivity contribution < 1.29 is 21.6 Å². The van der Waals surface area contributed by atoms with Gasteiger partial charge in [-0.1, -0.05) is 36.4 Å². The second-order valence-electron chi connectivity index (χ2n) is 8.63. The van der Waals surface area contributed by atoms with E-state index in [0.29, 0.717) is 37.1 Å². The minimum atomic E-state index is -4.79. The van der Waals surface area contributed by atoms with Crippen LogP contribution in [0.2, 0.25) is 0 Å². The fourth-order valence-corrected chi connectivity index (χ4v) is 5.26. The van der Waals surface area contributed by atoms with Crippen LogP contribution in [0.15, 0.2) is 53.4 Å². The van der Waals surface area contributed by atoms with Gasteiger partial charge in [-0.2, -0.15) is 13.2 Å². The maximum Gasteiger partial charge on any atom is 0.417 e. The highest BCUT2D eigenvalue weighted by Gasteiger charge is 2.38. The van der Waals surface area contributed by atoms with Crippen LogP contribution in [0.25, 0.3) is 11.1 Å². The van der Waals surface area contributed by atoms with Crippen molar-refractivity contribution in [2.24, 2.45) is 0 Å². The van der Waals surface area contributed by atoms with Gasteiger partial charge in [0.15, 0.2) is 0 Å². The number of hydrogen-bond acceptors (Lipinski definition) is 3. The molecule has 1 saturated heterocycles. The van der Waals surface area contributed by atoms with E-state index in [1.807, 2.05) is 0 Å². The molecule has 2 aromatic carbocycles. The Balaban J connectivity index is 1.87. The lowest BCUT2D eigenvalue weighted by molar-refractivity contribution is -0.139. The summed E-state index contributed by atoms with van der Waals surface area (Å²) in [5, 5.41) is 0. The molecule has 1 aliphatic rings. The van der Waals surface area contributed by atoms with E-state index >= 15 is 0 Å². The second kappa shape index (κ2) is 8.32. The highest BCUT2D eigenvalue weighted by molar-refractivity contribution is 7.89. The molecule has 1 heterocycles. The predicted molar refractivity (Wildman–Crippen MR) is 112 cm³/mol. The van der Waals surface area contributed by atoms with E-state index in [4.69, 9.17) is 0 Å². The molecule has 0 amide bonds. The Kier molecular flexibility index (Phi) is 6.32. The maximum atomic E-state index is 13.7. The lowest BCUT2D eigenvalue weighted by Crippen LogP contribution is -2.50. The molecule has 1 aliphatic heterocycles. The molecule has 164 valence electrons. The van der Waals surface area contributed by atoms with Crippen molar-refractivity contribution >= 4 is 10.0 Å². The molecule has 1 N–H and O–H groups in total. The Morgan fingerprint density at radius 3 is 2.07 bits per heavy atom. The Morgan fingerprint density at radius 2 is 1.53 bits per heavy atom. The Bertz CT molecular complexity index is 976. The van der Waals surface area contributed by atoms with Crippen LogP contribution in [0.5, 0.6) is 0 Å². The van der Waals surface area contributed by atoms with Crippen molar-refractivity contribution in [1.82, 2.24) is 9.62 Å². The van der Waals surface area contributed by atoms with Gasteiger partial charge >= 0.3 is 6.18 Å². The van der Waals surface area contributed by atoms with Crippen LogP contribution in [0.1, 0.15) is 39.2 Å². The van der Waals surface area contributed by atoms with E-state index in [2.05, 4.69) is 30.4 Å². The highest BCUT2D eigenvalue weighted by Crippen LogP contribution is 2.37. The van der Waals surface area contributed by atoms with Gasteiger partial charge in [0.1, 0.15) is 0 Å². The molecule has 0 aromatic heterocycles. The molecule has 0 atom stereocenters. The van der Waals surface area contributed by atoms with Crippen LogP contribution in [0.3, 0.4) is 0 Å². The van der Waals surface area contributed by atoms with Crippen LogP contribution < -0.4 is 4.72 Å². The number of piperidine rings is 1. The van der Waals surface area contributed by atoms with Crippen molar-refractivity contribution in [3.05, 3.63) is 54.1 Å². The fourth-order valence-electron chi connectivity index (χ4n) is 3.75. The fraction of sp³-hybridized carbons (Fsp3) is 0.455. The zero-order chi connectivity index (χ0) is 22.2. The second-order valence-corrected chi connectivity index (χ2v) is 10.3. The summed E-state index contributed by atoms with van der Waals surface area (Å²) in [7, 11) is -4.31. The number of nitrogens with zero attached hydrogens (tertiary/aromatic N) is 1. The summed E-state index contributed by atoms with van der Waals surface area (Å²) in [6.45, 7) is 7.63. The van der Waals surface area contributed by atoms with Crippen molar-refractivity contribution in [2.45, 2.75) is 56.3 Å². The number of alkyl halides is 3. The zero-order valence-electron chi connectivity index (χ0n) is 17.3. The topological polar surface area (TPSA) is 49.4 Å². The molecular weight excluding hydrogens is 413 g/mol. The Morgan fingerprint density at radius 1 is 0.933 bits per heavy atom. The molecule has 0 radical (unpaired) electrons. The summed E-state index contributed by atoms with van der Waals surface area (Å²) in [5.41, 5.74) is -0.265. The smallest absolute Gasteiger partial charge is 0.298 e. The van der Waals surface area contributed by atoms with Gasteiger partial charge in [-0.15, -0.1) is 0 Å². The van der Waals surface area contributed by atoms with Crippen LogP contribution >= 0.6 is 0 Å². The molecule has 0 aliphatic carbocycles. The lowest BCUT2D eigenvalue weighted by atomic mass is 9.99. The van der Waals surface area contributed by atoms with Crippen molar-refractivity contribution in [2.75, 3.05) is 13.1 Å². The van der Waals surface area contributed by atoms with E-state index in [1.165, 1.54) is 6.07 Å². The summed E-state index contributed by atoms with van der Waals surface area (Å²) in [4.78, 5) is 1.51. The van der Waals surface area contributed by atoms with E-state index in [0.717, 1.165) is 12.1 Å². The molecule has 4 nitrogen and oxygen atoms in total. The number of nitrogens with one attached hydrogen (secondary N) is 1. The van der Waals surface area contributed by atoms with Crippen molar-refractivity contribution in [1.29, 1.82) is 0 Å². The summed E-state index contributed by atoms with van der Waals surface area (Å²) in [6.07, 6.45) is -3.68. The summed E-state index contributed by atoms with van der Waals surface area (Å²) in [5.74, 6) is 0. The molecule has 3 rings (SSSR count). The van der Waals surface area contributed by atoms with Crippen LogP contribution in [-0.4, -0.2) is 38.0 Å². The van der Waals surface area contributed by atoms with E-state index in [-0.39, 0.29) is 11.6 Å². The summed E-state index contributed by atoms with van der Waals surface area (Å²) >= 11 is 0. The minimum Gasteiger partial charge on any atom is -0.298 e. The molecule has 2 aromatic rings. The van der Waals surface area contributed by atoms with Gasteiger partial charge in [-0.05, 0) is 56.9 Å². The average molecular weight is 441 g/mol. The number of halogens is 3. The van der Waals surface area contributed by atoms with Gasteiger partial charge in [0.2, 0.25) is 10.0 Å². The lowest BCUT2D eigenvalue weighted by Gasteiger charge is -2.40. The first-order valence-corrected chi connectivity index (χ1v) is 11.4. The number of benzene rings is 2. The zero-order valence-corrected chi connectivity index (χ0v) is 18.1. The van der Waals surface area contributed by atoms with E-state index < -0.39 is 26.7 Å². The monoisotopic (exact) mass is 440 g/mol. The number of rotatable bonds is 4. The molecule has 0 saturated carbocycles. The van der Waals surface area contributed by atoms with Crippen LogP contribution in [-0.2, 0) is 16.2 Å². The molecular formula is C22H27F3N2O2S. The van der Waals surface area contributed by atoms with Gasteiger partial charge < -0.3 is 0 Å². The van der Waals surface area contributed by atoms with Gasteiger partial charge in [-0.25, -0.2) is 13.1 Å². The molecule has 0 unspecified atom stereocenters. The van der Waals surface area contributed by atoms with E-state index in [9.17, 15) is 21.6 Å². The predicted octanol–water partition coefficient (Wildman–Crippen LogP) is 4.91. The highest BCUT2D eigenvalue weighted by atomic mass is 32.2. The van der Waals surface area contributed by atoms with Gasteiger partial charge in [0.25, 0.3) is 0 Å². The number of sulfonamides is 1. The van der Waals surface area contributed by atoms with Crippen molar-refractivity contribution in [3.8, 4) is 11.1 Å². The van der Waals surface area contributed by atoms with Gasteiger partial charge in [-0.3, -0.25) is 4.90 Å². The normalized spacial score (nSPS) is 17.3. The first kappa shape index (κ1) is 22.8. The molecule has 0 bridgehead atoms. The first-order chi connectivity index (χ1) is 13.9. The van der Waals surface area contributed by atoms with Crippen LogP contribution in [0, 0.1) is 0 Å². The standard InChI is InChI=1S/C22H27F3N2O2S/c1-21(2,3)27-13-11-18(12-14-27)26-30(28,29)20-10-9-17(15-19(20)22(23,24)25)16-7-5-4-6-8-16/h4-10,15,18,26H,11-14H2,1-3H3. The average Bonchev–Trinajstić information content (AvgIpc) is 2.67. The molecule has 30 heavy (non-hydrogen) atoms. The number of hydrogen-bond donors (Lipinski definition) is 1. The van der Waals surface area contributed by atoms with Crippen molar-refractivity contribution in [3.63, 3.8) is 0 Å². The molecule has 1 fully saturated rings. The first-order valence-electron chi connectivity index (χ1n) is 9.92. The number of likely N-dealkylation sites (tertiary alicyclic amines) is 1. The molecule has 8 heteroatoms. The Hall–Kier alpha value is -1.90. The minimum absolute atomic E-state index is 0.0272. The van der Waals surface area contributed by atoms with Gasteiger partial charge in [0.05, 0.1) is 10.5 Å². The third-order valence-corrected chi connectivity index (χ3v) is 7.03. The molecule has 0 spiro atoms. The third kappa shape index (κ3) is 5.22. The largest absolute Gasteiger partial charge is 0.417 e. The summed E-state index contributed by atoms with van der Waals surface area (Å²) in [6, 6.07) is 11.6. The Labute approximate surface area is 176 Å². The quantitative estimate of drug-likeness (QED) is 0.735. The van der Waals surface area contributed by atoms with Gasteiger partial charge in [0, 0.05) is 24.7 Å². The SMILES string of the molecule is CC(C)(C)N1CCC(NS(=O)(=O)c2ccc(-c3ccccc3)cc2C(F)(F)F)CC1. The summed E-state index contributed by atoms with van der Waals surface area (Å²) < 4.78 is 69.4. The van der Waals surface area contributed by atoms with Crippen LogP contribution in [0.4, 0.5) is 13.2 Å². The maximum absolute atomic E-state index is 13.7. The van der Waals surface area contributed by atoms with E-state index in [1.54, 1.807) is 30.3 Å².